The number of hydrogen-bond acceptors (Lipinski definition) is 2. The summed E-state index contributed by atoms with van der Waals surface area (Å²) in [5.74, 6) is 0.842. The van der Waals surface area contributed by atoms with Gasteiger partial charge in [-0.2, -0.15) is 0 Å². The van der Waals surface area contributed by atoms with E-state index in [1.165, 1.54) is 38.6 Å². The van der Waals surface area contributed by atoms with Crippen molar-refractivity contribution in [2.24, 2.45) is 11.3 Å². The summed E-state index contributed by atoms with van der Waals surface area (Å²) in [6.45, 7) is 9.26. The Morgan fingerprint density at radius 3 is 2.50 bits per heavy atom. The Bertz CT molecular complexity index is 191. The molecule has 96 valence electrons. The van der Waals surface area contributed by atoms with E-state index < -0.39 is 0 Å². The summed E-state index contributed by atoms with van der Waals surface area (Å²) in [5, 5.41) is 3.72. The van der Waals surface area contributed by atoms with E-state index in [9.17, 15) is 0 Å². The van der Waals surface area contributed by atoms with Gasteiger partial charge in [-0.1, -0.05) is 20.8 Å². The van der Waals surface area contributed by atoms with Gasteiger partial charge in [0.1, 0.15) is 0 Å². The van der Waals surface area contributed by atoms with Crippen molar-refractivity contribution in [1.82, 2.24) is 5.32 Å². The van der Waals surface area contributed by atoms with Crippen LogP contribution in [0.3, 0.4) is 0 Å². The van der Waals surface area contributed by atoms with Crippen molar-refractivity contribution in [3.8, 4) is 0 Å². The molecule has 0 aromatic rings. The minimum absolute atomic E-state index is 0.549. The third-order valence-corrected chi connectivity index (χ3v) is 3.77. The largest absolute Gasteiger partial charge is 0.385 e. The average Bonchev–Trinajstić information content (AvgIpc) is 2.45. The third-order valence-electron chi connectivity index (χ3n) is 3.77. The van der Waals surface area contributed by atoms with E-state index in [0.717, 1.165) is 18.6 Å². The molecule has 1 N–H and O–H groups in total. The van der Waals surface area contributed by atoms with Gasteiger partial charge >= 0.3 is 0 Å². The summed E-state index contributed by atoms with van der Waals surface area (Å²) in [5.41, 5.74) is 0.549. The van der Waals surface area contributed by atoms with Crippen LogP contribution in [0.2, 0.25) is 0 Å². The fraction of sp³-hybridized carbons (Fsp3) is 1.00. The molecule has 2 atom stereocenters. The molecule has 1 aliphatic rings. The van der Waals surface area contributed by atoms with Crippen LogP contribution < -0.4 is 5.32 Å². The normalized spacial score (nSPS) is 28.5. The number of rotatable bonds is 7. The Kier molecular flexibility index (Phi) is 5.77. The molecule has 0 bridgehead atoms. The average molecular weight is 227 g/mol. The Hall–Kier alpha value is -0.0800. The number of hydrogen-bond donors (Lipinski definition) is 1. The second-order valence-corrected chi connectivity index (χ2v) is 6.16. The van der Waals surface area contributed by atoms with Gasteiger partial charge in [0.2, 0.25) is 0 Å². The minimum Gasteiger partial charge on any atom is -0.385 e. The Balaban J connectivity index is 2.05. The van der Waals surface area contributed by atoms with Crippen molar-refractivity contribution in [2.75, 3.05) is 20.3 Å². The Morgan fingerprint density at radius 2 is 1.94 bits per heavy atom. The first-order chi connectivity index (χ1) is 7.55. The zero-order chi connectivity index (χ0) is 12.0. The van der Waals surface area contributed by atoms with E-state index in [0.29, 0.717) is 5.41 Å². The molecule has 1 saturated carbocycles. The van der Waals surface area contributed by atoms with E-state index in [4.69, 9.17) is 4.74 Å². The summed E-state index contributed by atoms with van der Waals surface area (Å²) < 4.78 is 5.05. The first kappa shape index (κ1) is 14.0. The van der Waals surface area contributed by atoms with E-state index >= 15 is 0 Å². The maximum absolute atomic E-state index is 5.05. The van der Waals surface area contributed by atoms with Gasteiger partial charge in [0.15, 0.2) is 0 Å². The first-order valence-corrected chi connectivity index (χ1v) is 6.77. The molecule has 0 aromatic heterocycles. The fourth-order valence-electron chi connectivity index (χ4n) is 3.00. The monoisotopic (exact) mass is 227 g/mol. The molecule has 0 aliphatic heterocycles. The third kappa shape index (κ3) is 4.84. The van der Waals surface area contributed by atoms with Crippen LogP contribution >= 0.6 is 0 Å². The van der Waals surface area contributed by atoms with Crippen molar-refractivity contribution in [3.63, 3.8) is 0 Å². The zero-order valence-corrected chi connectivity index (χ0v) is 11.5. The van der Waals surface area contributed by atoms with Gasteiger partial charge in [-0.15, -0.1) is 0 Å². The van der Waals surface area contributed by atoms with Gasteiger partial charge in [0, 0.05) is 19.8 Å². The van der Waals surface area contributed by atoms with Gasteiger partial charge in [-0.3, -0.25) is 0 Å². The summed E-state index contributed by atoms with van der Waals surface area (Å²) in [6.07, 6.45) is 6.48. The standard InChI is InChI=1S/C14H29NO/c1-12-10-14(2,3)11-13(12)15-8-6-5-7-9-16-4/h12-13,15H,5-11H2,1-4H3. The topological polar surface area (TPSA) is 21.3 Å². The second-order valence-electron chi connectivity index (χ2n) is 6.16. The molecule has 0 spiro atoms. The molecule has 2 heteroatoms. The van der Waals surface area contributed by atoms with Crippen LogP contribution in [0.25, 0.3) is 0 Å². The molecule has 0 heterocycles. The first-order valence-electron chi connectivity index (χ1n) is 6.77. The Labute approximate surface area is 101 Å². The van der Waals surface area contributed by atoms with Crippen LogP contribution in [0, 0.1) is 11.3 Å². The van der Waals surface area contributed by atoms with Crippen molar-refractivity contribution < 1.29 is 4.74 Å². The van der Waals surface area contributed by atoms with Crippen LogP contribution in [-0.2, 0) is 4.74 Å². The molecule has 2 unspecified atom stereocenters. The zero-order valence-electron chi connectivity index (χ0n) is 11.5. The minimum atomic E-state index is 0.549. The molecule has 1 aliphatic carbocycles. The lowest BCUT2D eigenvalue weighted by molar-refractivity contribution is 0.192. The Morgan fingerprint density at radius 1 is 1.19 bits per heavy atom. The fourth-order valence-corrected chi connectivity index (χ4v) is 3.00. The van der Waals surface area contributed by atoms with Gasteiger partial charge in [0.05, 0.1) is 0 Å². The van der Waals surface area contributed by atoms with Gasteiger partial charge in [0.25, 0.3) is 0 Å². The molecule has 2 nitrogen and oxygen atoms in total. The summed E-state index contributed by atoms with van der Waals surface area (Å²) in [7, 11) is 1.78. The number of nitrogens with one attached hydrogen (secondary N) is 1. The molecule has 0 saturated heterocycles. The lowest BCUT2D eigenvalue weighted by Gasteiger charge is -2.18. The van der Waals surface area contributed by atoms with E-state index in [-0.39, 0.29) is 0 Å². The molecule has 0 amide bonds. The van der Waals surface area contributed by atoms with Crippen LogP contribution in [0.5, 0.6) is 0 Å². The molecule has 0 radical (unpaired) electrons. The molecule has 1 fully saturated rings. The van der Waals surface area contributed by atoms with E-state index in [1.54, 1.807) is 7.11 Å². The highest BCUT2D eigenvalue weighted by Crippen LogP contribution is 2.40. The quantitative estimate of drug-likeness (QED) is 0.674. The second kappa shape index (κ2) is 6.61. The highest BCUT2D eigenvalue weighted by Gasteiger charge is 2.35. The number of ether oxygens (including phenoxy) is 1. The number of unbranched alkanes of at least 4 members (excludes halogenated alkanes) is 2. The predicted molar refractivity (Wildman–Crippen MR) is 69.7 cm³/mol. The predicted octanol–water partition coefficient (Wildman–Crippen LogP) is 3.22. The molecule has 0 aromatic carbocycles. The lowest BCUT2D eigenvalue weighted by Crippen LogP contribution is -2.32. The van der Waals surface area contributed by atoms with Crippen molar-refractivity contribution in [3.05, 3.63) is 0 Å². The van der Waals surface area contributed by atoms with Crippen molar-refractivity contribution in [1.29, 1.82) is 0 Å². The van der Waals surface area contributed by atoms with E-state index in [2.05, 4.69) is 26.1 Å². The van der Waals surface area contributed by atoms with Crippen LogP contribution in [0.15, 0.2) is 0 Å². The molecule has 1 rings (SSSR count). The van der Waals surface area contributed by atoms with Crippen LogP contribution in [-0.4, -0.2) is 26.3 Å². The van der Waals surface area contributed by atoms with Crippen LogP contribution in [0.4, 0.5) is 0 Å². The van der Waals surface area contributed by atoms with Gasteiger partial charge < -0.3 is 10.1 Å². The highest BCUT2D eigenvalue weighted by atomic mass is 16.5. The highest BCUT2D eigenvalue weighted by molar-refractivity contribution is 4.90. The maximum Gasteiger partial charge on any atom is 0.0462 e. The molecule has 16 heavy (non-hydrogen) atoms. The van der Waals surface area contributed by atoms with Crippen molar-refractivity contribution >= 4 is 0 Å². The van der Waals surface area contributed by atoms with Gasteiger partial charge in [-0.25, -0.2) is 0 Å². The SMILES string of the molecule is COCCCCCNC1CC(C)(C)CC1C. The number of methoxy groups -OCH3 is 1. The van der Waals surface area contributed by atoms with Crippen molar-refractivity contribution in [2.45, 2.75) is 58.9 Å². The smallest absolute Gasteiger partial charge is 0.0462 e. The summed E-state index contributed by atoms with van der Waals surface area (Å²) >= 11 is 0. The van der Waals surface area contributed by atoms with Crippen LogP contribution in [0.1, 0.15) is 52.9 Å². The van der Waals surface area contributed by atoms with E-state index in [1.807, 2.05) is 0 Å². The lowest BCUT2D eigenvalue weighted by atomic mass is 9.91. The van der Waals surface area contributed by atoms with Gasteiger partial charge in [-0.05, 0) is 50.0 Å². The summed E-state index contributed by atoms with van der Waals surface area (Å²) in [6, 6.07) is 0.748. The molecular formula is C14H29NO. The summed E-state index contributed by atoms with van der Waals surface area (Å²) in [4.78, 5) is 0. The molecular weight excluding hydrogens is 198 g/mol. The maximum atomic E-state index is 5.05.